The van der Waals surface area contributed by atoms with E-state index in [1.807, 2.05) is 0 Å². The quantitative estimate of drug-likeness (QED) is 0.782. The monoisotopic (exact) mass is 273 g/mol. The summed E-state index contributed by atoms with van der Waals surface area (Å²) in [5.41, 5.74) is 1.48. The molecular formula is C19H31N. The number of hydrogen-bond donors (Lipinski definition) is 1. The highest BCUT2D eigenvalue weighted by Gasteiger charge is 2.19. The molecule has 1 fully saturated rings. The molecule has 0 aliphatic heterocycles. The molecule has 0 heterocycles. The van der Waals surface area contributed by atoms with E-state index in [4.69, 9.17) is 0 Å². The van der Waals surface area contributed by atoms with Gasteiger partial charge in [-0.15, -0.1) is 0 Å². The zero-order chi connectivity index (χ0) is 14.4. The van der Waals surface area contributed by atoms with Crippen molar-refractivity contribution in [3.8, 4) is 0 Å². The highest BCUT2D eigenvalue weighted by Crippen LogP contribution is 2.28. The van der Waals surface area contributed by atoms with Gasteiger partial charge < -0.3 is 5.32 Å². The van der Waals surface area contributed by atoms with Crippen LogP contribution >= 0.6 is 0 Å². The number of rotatable bonds is 6. The van der Waals surface area contributed by atoms with Crippen LogP contribution in [-0.4, -0.2) is 13.1 Å². The Bertz CT molecular complexity index is 363. The summed E-state index contributed by atoms with van der Waals surface area (Å²) in [6.45, 7) is 9.40. The van der Waals surface area contributed by atoms with Crippen LogP contribution in [0.3, 0.4) is 0 Å². The fourth-order valence-electron chi connectivity index (χ4n) is 3.41. The molecule has 112 valence electrons. The molecule has 0 radical (unpaired) electrons. The van der Waals surface area contributed by atoms with E-state index in [-0.39, 0.29) is 0 Å². The summed E-state index contributed by atoms with van der Waals surface area (Å²) in [5, 5.41) is 3.75. The molecule has 2 rings (SSSR count). The fraction of sp³-hybridized carbons (Fsp3) is 0.684. The minimum absolute atomic E-state index is 0.638. The van der Waals surface area contributed by atoms with Gasteiger partial charge in [0.2, 0.25) is 0 Å². The Morgan fingerprint density at radius 2 is 1.70 bits per heavy atom. The molecule has 1 aromatic rings. The maximum atomic E-state index is 3.75. The van der Waals surface area contributed by atoms with Gasteiger partial charge >= 0.3 is 0 Å². The predicted octanol–water partition coefficient (Wildman–Crippen LogP) is 4.84. The van der Waals surface area contributed by atoms with Crippen LogP contribution in [0, 0.1) is 17.8 Å². The van der Waals surface area contributed by atoms with Gasteiger partial charge in [-0.25, -0.2) is 0 Å². The first-order chi connectivity index (χ1) is 9.66. The zero-order valence-corrected chi connectivity index (χ0v) is 13.4. The average molecular weight is 273 g/mol. The molecule has 1 heteroatoms. The molecule has 1 saturated carbocycles. The van der Waals surface area contributed by atoms with Crippen molar-refractivity contribution in [2.75, 3.05) is 13.1 Å². The molecule has 1 aliphatic carbocycles. The largest absolute Gasteiger partial charge is 0.316 e. The van der Waals surface area contributed by atoms with E-state index < -0.39 is 0 Å². The Kier molecular flexibility index (Phi) is 6.09. The van der Waals surface area contributed by atoms with E-state index in [0.29, 0.717) is 11.8 Å². The maximum Gasteiger partial charge on any atom is 0.00227 e. The first-order valence-corrected chi connectivity index (χ1v) is 8.42. The van der Waals surface area contributed by atoms with Crippen molar-refractivity contribution in [3.05, 3.63) is 35.9 Å². The second-order valence-electron chi connectivity index (χ2n) is 7.05. The minimum atomic E-state index is 0.638. The van der Waals surface area contributed by atoms with Crippen molar-refractivity contribution in [2.45, 2.75) is 52.4 Å². The maximum absolute atomic E-state index is 3.75. The second kappa shape index (κ2) is 7.83. The molecule has 1 unspecified atom stereocenters. The Balaban J connectivity index is 1.78. The highest BCUT2D eigenvalue weighted by molar-refractivity contribution is 5.20. The van der Waals surface area contributed by atoms with Crippen molar-refractivity contribution < 1.29 is 0 Å². The van der Waals surface area contributed by atoms with Gasteiger partial charge in [-0.2, -0.15) is 0 Å². The summed E-state index contributed by atoms with van der Waals surface area (Å²) in [5.74, 6) is 3.20. The van der Waals surface area contributed by atoms with Crippen LogP contribution in [0.5, 0.6) is 0 Å². The van der Waals surface area contributed by atoms with Gasteiger partial charge in [0, 0.05) is 6.54 Å². The molecule has 1 aliphatic rings. The molecule has 0 saturated heterocycles. The number of benzene rings is 1. The first-order valence-electron chi connectivity index (χ1n) is 8.42. The van der Waals surface area contributed by atoms with Crippen LogP contribution in [0.2, 0.25) is 0 Å². The minimum Gasteiger partial charge on any atom is -0.316 e. The molecule has 20 heavy (non-hydrogen) atoms. The average Bonchev–Trinajstić information content (AvgIpc) is 2.46. The standard InChI is InChI=1S/C19H31N/c1-15(2)19(18-7-5-4-6-8-18)14-20-13-17-11-9-16(3)10-12-17/h4-8,15-17,19-20H,9-14H2,1-3H3. The topological polar surface area (TPSA) is 12.0 Å². The lowest BCUT2D eigenvalue weighted by Gasteiger charge is -2.28. The van der Waals surface area contributed by atoms with Crippen LogP contribution in [-0.2, 0) is 0 Å². The zero-order valence-electron chi connectivity index (χ0n) is 13.4. The van der Waals surface area contributed by atoms with Crippen molar-refractivity contribution >= 4 is 0 Å². The summed E-state index contributed by atoms with van der Waals surface area (Å²) >= 11 is 0. The van der Waals surface area contributed by atoms with Crippen LogP contribution in [0.4, 0.5) is 0 Å². The van der Waals surface area contributed by atoms with Gasteiger partial charge in [-0.05, 0) is 48.6 Å². The summed E-state index contributed by atoms with van der Waals surface area (Å²) in [7, 11) is 0. The van der Waals surface area contributed by atoms with Crippen molar-refractivity contribution in [1.82, 2.24) is 5.32 Å². The Morgan fingerprint density at radius 1 is 1.05 bits per heavy atom. The molecule has 1 nitrogen and oxygen atoms in total. The Labute approximate surface area is 125 Å². The molecular weight excluding hydrogens is 242 g/mol. The molecule has 0 bridgehead atoms. The van der Waals surface area contributed by atoms with Gasteiger partial charge in [-0.1, -0.05) is 63.9 Å². The third-order valence-electron chi connectivity index (χ3n) is 4.97. The van der Waals surface area contributed by atoms with E-state index in [1.54, 1.807) is 0 Å². The lowest BCUT2D eigenvalue weighted by molar-refractivity contribution is 0.278. The van der Waals surface area contributed by atoms with Gasteiger partial charge in [0.25, 0.3) is 0 Å². The second-order valence-corrected chi connectivity index (χ2v) is 7.05. The third-order valence-corrected chi connectivity index (χ3v) is 4.97. The van der Waals surface area contributed by atoms with Crippen LogP contribution in [0.25, 0.3) is 0 Å². The molecule has 1 atom stereocenters. The van der Waals surface area contributed by atoms with Crippen molar-refractivity contribution in [2.24, 2.45) is 17.8 Å². The van der Waals surface area contributed by atoms with Crippen LogP contribution in [0.1, 0.15) is 57.9 Å². The SMILES string of the molecule is CC1CCC(CNCC(c2ccccc2)C(C)C)CC1. The third kappa shape index (κ3) is 4.63. The van der Waals surface area contributed by atoms with E-state index in [0.717, 1.165) is 18.4 Å². The van der Waals surface area contributed by atoms with Crippen LogP contribution in [0.15, 0.2) is 30.3 Å². The van der Waals surface area contributed by atoms with Gasteiger partial charge in [0.1, 0.15) is 0 Å². The molecule has 1 N–H and O–H groups in total. The van der Waals surface area contributed by atoms with E-state index in [2.05, 4.69) is 56.4 Å². The van der Waals surface area contributed by atoms with E-state index in [1.165, 1.54) is 37.8 Å². The predicted molar refractivity (Wildman–Crippen MR) is 88.0 cm³/mol. The smallest absolute Gasteiger partial charge is 0.00227 e. The normalized spacial score (nSPS) is 24.8. The molecule has 1 aromatic carbocycles. The summed E-state index contributed by atoms with van der Waals surface area (Å²) < 4.78 is 0. The molecule has 0 spiro atoms. The molecule has 0 amide bonds. The van der Waals surface area contributed by atoms with Crippen molar-refractivity contribution in [3.63, 3.8) is 0 Å². The molecule has 0 aromatic heterocycles. The highest BCUT2D eigenvalue weighted by atomic mass is 14.9. The van der Waals surface area contributed by atoms with E-state index >= 15 is 0 Å². The Hall–Kier alpha value is -0.820. The number of hydrogen-bond acceptors (Lipinski definition) is 1. The van der Waals surface area contributed by atoms with Gasteiger partial charge in [0.05, 0.1) is 0 Å². The van der Waals surface area contributed by atoms with Crippen LogP contribution < -0.4 is 5.32 Å². The van der Waals surface area contributed by atoms with E-state index in [9.17, 15) is 0 Å². The van der Waals surface area contributed by atoms with Gasteiger partial charge in [0.15, 0.2) is 0 Å². The number of nitrogens with one attached hydrogen (secondary N) is 1. The fourth-order valence-corrected chi connectivity index (χ4v) is 3.41. The first kappa shape index (κ1) is 15.6. The Morgan fingerprint density at radius 3 is 2.30 bits per heavy atom. The summed E-state index contributed by atoms with van der Waals surface area (Å²) in [4.78, 5) is 0. The van der Waals surface area contributed by atoms with Crippen molar-refractivity contribution in [1.29, 1.82) is 0 Å². The lowest BCUT2D eigenvalue weighted by Crippen LogP contribution is -2.30. The summed E-state index contributed by atoms with van der Waals surface area (Å²) in [6.07, 6.45) is 5.70. The lowest BCUT2D eigenvalue weighted by atomic mass is 9.83. The summed E-state index contributed by atoms with van der Waals surface area (Å²) in [6, 6.07) is 11.0. The van der Waals surface area contributed by atoms with Gasteiger partial charge in [-0.3, -0.25) is 0 Å².